The Morgan fingerprint density at radius 3 is 2.60 bits per heavy atom. The summed E-state index contributed by atoms with van der Waals surface area (Å²) in [5.74, 6) is 0.476. The molecule has 1 amide bonds. The summed E-state index contributed by atoms with van der Waals surface area (Å²) < 4.78 is 7.73. The number of hydrogen-bond donors (Lipinski definition) is 1. The number of ether oxygens (including phenoxy) is 1. The van der Waals surface area contributed by atoms with Crippen molar-refractivity contribution in [2.24, 2.45) is 0 Å². The molecule has 2 heterocycles. The van der Waals surface area contributed by atoms with Gasteiger partial charge in [-0.3, -0.25) is 9.59 Å². The van der Waals surface area contributed by atoms with Crippen molar-refractivity contribution < 1.29 is 9.53 Å². The molecule has 1 N–H and O–H groups in total. The Balaban J connectivity index is 1.46. The van der Waals surface area contributed by atoms with E-state index in [1.807, 2.05) is 54.6 Å². The normalized spacial score (nSPS) is 10.8. The average Bonchev–Trinajstić information content (AvgIpc) is 3.22. The highest BCUT2D eigenvalue weighted by Gasteiger charge is 2.12. The first-order chi connectivity index (χ1) is 14.6. The molecule has 8 nitrogen and oxygen atoms in total. The first-order valence-electron chi connectivity index (χ1n) is 9.54. The predicted molar refractivity (Wildman–Crippen MR) is 112 cm³/mol. The topological polar surface area (TPSA) is 90.5 Å². The molecular formula is C22H21N5O3. The van der Waals surface area contributed by atoms with E-state index in [0.717, 1.165) is 28.0 Å². The van der Waals surface area contributed by atoms with Gasteiger partial charge in [0, 0.05) is 12.1 Å². The van der Waals surface area contributed by atoms with Crippen molar-refractivity contribution in [1.29, 1.82) is 0 Å². The van der Waals surface area contributed by atoms with Crippen LogP contribution in [0.3, 0.4) is 0 Å². The first-order valence-corrected chi connectivity index (χ1v) is 9.54. The molecule has 2 aromatic heterocycles. The maximum absolute atomic E-state index is 12.7. The summed E-state index contributed by atoms with van der Waals surface area (Å²) >= 11 is 0. The Kier molecular flexibility index (Phi) is 5.56. The highest BCUT2D eigenvalue weighted by Crippen LogP contribution is 2.21. The lowest BCUT2D eigenvalue weighted by atomic mass is 10.1. The molecular weight excluding hydrogens is 382 g/mol. The Morgan fingerprint density at radius 1 is 1.10 bits per heavy atom. The number of aromatic nitrogens is 4. The smallest absolute Gasteiger partial charge is 0.293 e. The van der Waals surface area contributed by atoms with Crippen LogP contribution in [0.2, 0.25) is 0 Å². The van der Waals surface area contributed by atoms with Crippen LogP contribution in [0.1, 0.15) is 5.56 Å². The highest BCUT2D eigenvalue weighted by molar-refractivity contribution is 5.75. The fraction of sp³-hybridized carbons (Fsp3) is 0.182. The van der Waals surface area contributed by atoms with E-state index in [4.69, 9.17) is 4.74 Å². The third kappa shape index (κ3) is 4.22. The quantitative estimate of drug-likeness (QED) is 0.509. The van der Waals surface area contributed by atoms with E-state index in [1.54, 1.807) is 13.2 Å². The minimum Gasteiger partial charge on any atom is -0.497 e. The minimum absolute atomic E-state index is 0.146. The number of benzene rings is 2. The molecule has 30 heavy (non-hydrogen) atoms. The third-order valence-electron chi connectivity index (χ3n) is 4.75. The zero-order valence-electron chi connectivity index (χ0n) is 16.5. The number of amides is 1. The summed E-state index contributed by atoms with van der Waals surface area (Å²) in [5.41, 5.74) is 2.61. The molecule has 152 valence electrons. The van der Waals surface area contributed by atoms with Crippen molar-refractivity contribution in [3.8, 4) is 17.0 Å². The number of rotatable bonds is 7. The van der Waals surface area contributed by atoms with Gasteiger partial charge in [0.05, 0.1) is 12.8 Å². The fourth-order valence-electron chi connectivity index (χ4n) is 3.14. The molecule has 8 heteroatoms. The summed E-state index contributed by atoms with van der Waals surface area (Å²) in [7, 11) is 1.60. The van der Waals surface area contributed by atoms with Crippen LogP contribution in [-0.2, 0) is 17.8 Å². The molecule has 0 fully saturated rings. The number of nitrogens with one attached hydrogen (secondary N) is 1. The molecule has 0 unspecified atom stereocenters. The Bertz CT molecular complexity index is 1210. The van der Waals surface area contributed by atoms with Crippen LogP contribution in [0.5, 0.6) is 5.75 Å². The Labute approximate surface area is 172 Å². The summed E-state index contributed by atoms with van der Waals surface area (Å²) in [5, 5.41) is 11.3. The van der Waals surface area contributed by atoms with Crippen LogP contribution in [0.25, 0.3) is 16.8 Å². The second kappa shape index (κ2) is 8.60. The zero-order valence-corrected chi connectivity index (χ0v) is 16.5. The summed E-state index contributed by atoms with van der Waals surface area (Å²) in [6, 6.07) is 19.0. The van der Waals surface area contributed by atoms with Gasteiger partial charge in [-0.1, -0.05) is 30.3 Å². The maximum Gasteiger partial charge on any atom is 0.293 e. The van der Waals surface area contributed by atoms with Crippen molar-refractivity contribution in [2.45, 2.75) is 13.0 Å². The Hall–Kier alpha value is -3.94. The van der Waals surface area contributed by atoms with Crippen LogP contribution < -0.4 is 15.6 Å². The van der Waals surface area contributed by atoms with Gasteiger partial charge in [-0.2, -0.15) is 10.2 Å². The van der Waals surface area contributed by atoms with Gasteiger partial charge in [-0.05, 0) is 42.3 Å². The number of methoxy groups -OCH3 is 1. The van der Waals surface area contributed by atoms with Gasteiger partial charge >= 0.3 is 0 Å². The van der Waals surface area contributed by atoms with Gasteiger partial charge in [0.2, 0.25) is 5.91 Å². The standard InChI is InChI=1S/C22H21N5O3/c1-30-18-9-7-17(8-10-18)19-13-20-22(29)26(24-15-27(20)25-19)14-21(28)23-12-11-16-5-3-2-4-6-16/h2-10,13,15H,11-12,14H2,1H3,(H,23,28). The fourth-order valence-corrected chi connectivity index (χ4v) is 3.14. The molecule has 0 atom stereocenters. The number of hydrogen-bond acceptors (Lipinski definition) is 5. The molecule has 0 saturated heterocycles. The number of carbonyl (C=O) groups excluding carboxylic acids is 1. The zero-order chi connectivity index (χ0) is 20.9. The lowest BCUT2D eigenvalue weighted by Crippen LogP contribution is -2.35. The lowest BCUT2D eigenvalue weighted by Gasteiger charge is -2.07. The van der Waals surface area contributed by atoms with Crippen molar-refractivity contribution in [3.05, 3.63) is 82.9 Å². The van der Waals surface area contributed by atoms with E-state index in [-0.39, 0.29) is 18.0 Å². The molecule has 4 aromatic rings. The van der Waals surface area contributed by atoms with E-state index in [0.29, 0.717) is 17.8 Å². The molecule has 0 aliphatic rings. The van der Waals surface area contributed by atoms with Gasteiger partial charge in [0.15, 0.2) is 0 Å². The SMILES string of the molecule is COc1ccc(-c2cc3c(=O)n(CC(=O)NCCc4ccccc4)ncn3n2)cc1. The van der Waals surface area contributed by atoms with Gasteiger partial charge in [0.1, 0.15) is 24.1 Å². The first kappa shape index (κ1) is 19.4. The molecule has 0 saturated carbocycles. The van der Waals surface area contributed by atoms with E-state index >= 15 is 0 Å². The predicted octanol–water partition coefficient (Wildman–Crippen LogP) is 1.93. The van der Waals surface area contributed by atoms with E-state index in [1.165, 1.54) is 10.8 Å². The van der Waals surface area contributed by atoms with Crippen LogP contribution >= 0.6 is 0 Å². The van der Waals surface area contributed by atoms with Crippen LogP contribution in [0.4, 0.5) is 0 Å². The molecule has 0 spiro atoms. The van der Waals surface area contributed by atoms with Gasteiger partial charge in [0.25, 0.3) is 5.56 Å². The molecule has 0 aliphatic heterocycles. The summed E-state index contributed by atoms with van der Waals surface area (Å²) in [6.45, 7) is 0.349. The second-order valence-corrected chi connectivity index (χ2v) is 6.77. The number of fused-ring (bicyclic) bond motifs is 1. The van der Waals surface area contributed by atoms with Crippen molar-refractivity contribution >= 4 is 11.4 Å². The van der Waals surface area contributed by atoms with E-state index < -0.39 is 0 Å². The molecule has 2 aromatic carbocycles. The van der Waals surface area contributed by atoms with Crippen molar-refractivity contribution in [3.63, 3.8) is 0 Å². The van der Waals surface area contributed by atoms with Crippen LogP contribution in [0, 0.1) is 0 Å². The van der Waals surface area contributed by atoms with Crippen LogP contribution in [-0.4, -0.2) is 39.0 Å². The van der Waals surface area contributed by atoms with Gasteiger partial charge < -0.3 is 10.1 Å². The van der Waals surface area contributed by atoms with E-state index in [9.17, 15) is 9.59 Å². The lowest BCUT2D eigenvalue weighted by molar-refractivity contribution is -0.121. The van der Waals surface area contributed by atoms with Crippen LogP contribution in [0.15, 0.2) is 71.8 Å². The number of carbonyl (C=O) groups is 1. The summed E-state index contributed by atoms with van der Waals surface area (Å²) in [4.78, 5) is 25.0. The van der Waals surface area contributed by atoms with Crippen molar-refractivity contribution in [2.75, 3.05) is 13.7 Å². The molecule has 0 aliphatic carbocycles. The van der Waals surface area contributed by atoms with Crippen molar-refractivity contribution in [1.82, 2.24) is 24.7 Å². The largest absolute Gasteiger partial charge is 0.497 e. The maximum atomic E-state index is 12.7. The minimum atomic E-state index is -0.372. The van der Waals surface area contributed by atoms with Gasteiger partial charge in [-0.25, -0.2) is 9.20 Å². The average molecular weight is 403 g/mol. The Morgan fingerprint density at radius 2 is 1.87 bits per heavy atom. The highest BCUT2D eigenvalue weighted by atomic mass is 16.5. The van der Waals surface area contributed by atoms with Gasteiger partial charge in [-0.15, -0.1) is 0 Å². The number of nitrogens with zero attached hydrogens (tertiary/aromatic N) is 4. The molecule has 4 rings (SSSR count). The third-order valence-corrected chi connectivity index (χ3v) is 4.75. The molecule has 0 radical (unpaired) electrons. The van der Waals surface area contributed by atoms with E-state index in [2.05, 4.69) is 15.5 Å². The monoisotopic (exact) mass is 403 g/mol. The summed E-state index contributed by atoms with van der Waals surface area (Å²) in [6.07, 6.45) is 2.16. The molecule has 0 bridgehead atoms. The second-order valence-electron chi connectivity index (χ2n) is 6.77.